The van der Waals surface area contributed by atoms with E-state index in [0.717, 1.165) is 31.6 Å². The number of amides is 1. The van der Waals surface area contributed by atoms with E-state index < -0.39 is 0 Å². The lowest BCUT2D eigenvalue weighted by Crippen LogP contribution is -2.40. The fourth-order valence-electron chi connectivity index (χ4n) is 2.50. The third-order valence-electron chi connectivity index (χ3n) is 3.57. The van der Waals surface area contributed by atoms with E-state index >= 15 is 0 Å². The van der Waals surface area contributed by atoms with Gasteiger partial charge >= 0.3 is 0 Å². The Labute approximate surface area is 124 Å². The number of carbonyl (C=O) groups excluding carboxylic acids is 1. The van der Waals surface area contributed by atoms with Gasteiger partial charge in [0.25, 0.3) is 5.91 Å². The summed E-state index contributed by atoms with van der Waals surface area (Å²) >= 11 is 0. The van der Waals surface area contributed by atoms with Crippen molar-refractivity contribution < 1.29 is 9.53 Å². The van der Waals surface area contributed by atoms with Crippen LogP contribution in [-0.4, -0.2) is 33.7 Å². The van der Waals surface area contributed by atoms with Gasteiger partial charge in [-0.3, -0.25) is 9.48 Å². The molecular weight excluding hydrogens is 266 g/mol. The number of carbonyl (C=O) groups is 1. The monoisotopic (exact) mass is 285 g/mol. The number of fused-ring (bicyclic) bond motifs is 1. The number of hydrogen-bond acceptors (Lipinski definition) is 3. The van der Waals surface area contributed by atoms with Crippen molar-refractivity contribution in [3.05, 3.63) is 47.7 Å². The number of rotatable bonds is 5. The van der Waals surface area contributed by atoms with Crippen LogP contribution in [0.4, 0.5) is 0 Å². The molecule has 0 unspecified atom stereocenters. The predicted octanol–water partition coefficient (Wildman–Crippen LogP) is 2.33. The highest BCUT2D eigenvalue weighted by Gasteiger charge is 2.26. The van der Waals surface area contributed by atoms with Crippen LogP contribution in [0.2, 0.25) is 0 Å². The molecule has 1 aromatic carbocycles. The molecule has 3 rings (SSSR count). The van der Waals surface area contributed by atoms with Crippen LogP contribution in [0.25, 0.3) is 0 Å². The molecule has 0 saturated carbocycles. The number of benzene rings is 1. The molecule has 0 fully saturated rings. The zero-order valence-corrected chi connectivity index (χ0v) is 12.2. The van der Waals surface area contributed by atoms with Gasteiger partial charge in [0.1, 0.15) is 12.3 Å². The van der Waals surface area contributed by atoms with E-state index in [0.29, 0.717) is 18.2 Å². The molecule has 5 heteroatoms. The quantitative estimate of drug-likeness (QED) is 0.847. The van der Waals surface area contributed by atoms with Crippen molar-refractivity contribution in [2.45, 2.75) is 26.5 Å². The van der Waals surface area contributed by atoms with Gasteiger partial charge in [0.2, 0.25) is 5.88 Å². The van der Waals surface area contributed by atoms with Crippen molar-refractivity contribution in [2.75, 3.05) is 13.1 Å². The Morgan fingerprint density at radius 2 is 2.05 bits per heavy atom. The molecule has 2 heterocycles. The standard InChI is InChI=1S/C16H19N3O2/c1-2-8-18-9-10-19-14(16(18)20)11-15(17-19)21-12-13-6-4-3-5-7-13/h3-7,11H,2,8-10,12H2,1H3. The maximum absolute atomic E-state index is 12.3. The smallest absolute Gasteiger partial charge is 0.272 e. The molecule has 1 aromatic heterocycles. The average molecular weight is 285 g/mol. The van der Waals surface area contributed by atoms with E-state index in [-0.39, 0.29) is 5.91 Å². The lowest BCUT2D eigenvalue weighted by Gasteiger charge is -2.26. The molecule has 0 saturated heterocycles. The Bertz CT molecular complexity index is 622. The summed E-state index contributed by atoms with van der Waals surface area (Å²) in [5.74, 6) is 0.561. The van der Waals surface area contributed by atoms with Crippen LogP contribution < -0.4 is 4.74 Å². The molecule has 21 heavy (non-hydrogen) atoms. The van der Waals surface area contributed by atoms with Gasteiger partial charge in [-0.1, -0.05) is 37.3 Å². The Kier molecular flexibility index (Phi) is 3.90. The summed E-state index contributed by atoms with van der Waals surface area (Å²) in [6, 6.07) is 11.7. The van der Waals surface area contributed by atoms with Crippen LogP contribution in [-0.2, 0) is 13.2 Å². The Morgan fingerprint density at radius 3 is 2.81 bits per heavy atom. The molecule has 5 nitrogen and oxygen atoms in total. The molecule has 0 spiro atoms. The van der Waals surface area contributed by atoms with Crippen LogP contribution in [0.5, 0.6) is 5.88 Å². The predicted molar refractivity (Wildman–Crippen MR) is 79.2 cm³/mol. The molecule has 0 radical (unpaired) electrons. The van der Waals surface area contributed by atoms with Gasteiger partial charge in [-0.15, -0.1) is 5.10 Å². The molecule has 1 amide bonds. The normalized spacial score (nSPS) is 14.1. The van der Waals surface area contributed by atoms with E-state index in [1.807, 2.05) is 35.2 Å². The fourth-order valence-corrected chi connectivity index (χ4v) is 2.50. The Morgan fingerprint density at radius 1 is 1.24 bits per heavy atom. The van der Waals surface area contributed by atoms with Crippen LogP contribution in [0.1, 0.15) is 29.4 Å². The highest BCUT2D eigenvalue weighted by atomic mass is 16.5. The van der Waals surface area contributed by atoms with Crippen LogP contribution >= 0.6 is 0 Å². The lowest BCUT2D eigenvalue weighted by molar-refractivity contribution is 0.0697. The second-order valence-electron chi connectivity index (χ2n) is 5.16. The maximum Gasteiger partial charge on any atom is 0.272 e. The molecule has 110 valence electrons. The van der Waals surface area contributed by atoms with E-state index in [2.05, 4.69) is 12.0 Å². The van der Waals surface area contributed by atoms with Gasteiger partial charge < -0.3 is 9.64 Å². The minimum atomic E-state index is 0.0464. The molecule has 0 atom stereocenters. The summed E-state index contributed by atoms with van der Waals surface area (Å²) in [4.78, 5) is 14.2. The number of nitrogens with zero attached hydrogens (tertiary/aromatic N) is 3. The maximum atomic E-state index is 12.3. The second kappa shape index (κ2) is 5.99. The first-order valence-corrected chi connectivity index (χ1v) is 7.32. The molecule has 0 aliphatic carbocycles. The van der Waals surface area contributed by atoms with Gasteiger partial charge in [-0.25, -0.2) is 0 Å². The van der Waals surface area contributed by atoms with E-state index in [1.165, 1.54) is 0 Å². The Balaban J connectivity index is 1.70. The van der Waals surface area contributed by atoms with Crippen LogP contribution in [0.15, 0.2) is 36.4 Å². The molecule has 1 aliphatic heterocycles. The van der Waals surface area contributed by atoms with E-state index in [9.17, 15) is 4.79 Å². The first-order chi connectivity index (χ1) is 10.3. The van der Waals surface area contributed by atoms with E-state index in [4.69, 9.17) is 4.74 Å². The molecule has 1 aliphatic rings. The third kappa shape index (κ3) is 2.91. The highest BCUT2D eigenvalue weighted by molar-refractivity contribution is 5.93. The summed E-state index contributed by atoms with van der Waals surface area (Å²) in [6.45, 7) is 4.79. The number of aromatic nitrogens is 2. The van der Waals surface area contributed by atoms with Gasteiger partial charge in [-0.2, -0.15) is 0 Å². The summed E-state index contributed by atoms with van der Waals surface area (Å²) in [5, 5.41) is 4.36. The number of hydrogen-bond donors (Lipinski definition) is 0. The van der Waals surface area contributed by atoms with E-state index in [1.54, 1.807) is 10.7 Å². The summed E-state index contributed by atoms with van der Waals surface area (Å²) in [5.41, 5.74) is 1.71. The number of ether oxygens (including phenoxy) is 1. The zero-order chi connectivity index (χ0) is 14.7. The first-order valence-electron chi connectivity index (χ1n) is 7.32. The van der Waals surface area contributed by atoms with Gasteiger partial charge in [0.05, 0.1) is 6.54 Å². The molecule has 0 bridgehead atoms. The van der Waals surface area contributed by atoms with Crippen molar-refractivity contribution in [2.24, 2.45) is 0 Å². The highest BCUT2D eigenvalue weighted by Crippen LogP contribution is 2.19. The van der Waals surface area contributed by atoms with Crippen molar-refractivity contribution in [1.29, 1.82) is 0 Å². The van der Waals surface area contributed by atoms with Gasteiger partial charge in [-0.05, 0) is 12.0 Å². The second-order valence-corrected chi connectivity index (χ2v) is 5.16. The Hall–Kier alpha value is -2.30. The summed E-state index contributed by atoms with van der Waals surface area (Å²) < 4.78 is 7.43. The van der Waals surface area contributed by atoms with Crippen molar-refractivity contribution in [1.82, 2.24) is 14.7 Å². The first kappa shape index (κ1) is 13.7. The van der Waals surface area contributed by atoms with Crippen molar-refractivity contribution in [3.8, 4) is 5.88 Å². The lowest BCUT2D eigenvalue weighted by atomic mass is 10.2. The fraction of sp³-hybridized carbons (Fsp3) is 0.375. The zero-order valence-electron chi connectivity index (χ0n) is 12.2. The third-order valence-corrected chi connectivity index (χ3v) is 3.57. The largest absolute Gasteiger partial charge is 0.472 e. The molecule has 0 N–H and O–H groups in total. The molecule has 2 aromatic rings. The van der Waals surface area contributed by atoms with Gasteiger partial charge in [0, 0.05) is 19.2 Å². The summed E-state index contributed by atoms with van der Waals surface area (Å²) in [7, 11) is 0. The van der Waals surface area contributed by atoms with Crippen molar-refractivity contribution >= 4 is 5.91 Å². The van der Waals surface area contributed by atoms with Crippen molar-refractivity contribution in [3.63, 3.8) is 0 Å². The minimum Gasteiger partial charge on any atom is -0.472 e. The van der Waals surface area contributed by atoms with Crippen LogP contribution in [0.3, 0.4) is 0 Å². The minimum absolute atomic E-state index is 0.0464. The summed E-state index contributed by atoms with van der Waals surface area (Å²) in [6.07, 6.45) is 0.969. The molecular formula is C16H19N3O2. The topological polar surface area (TPSA) is 47.4 Å². The average Bonchev–Trinajstić information content (AvgIpc) is 2.93. The van der Waals surface area contributed by atoms with Gasteiger partial charge in [0.15, 0.2) is 0 Å². The SMILES string of the molecule is CCCN1CCn2nc(OCc3ccccc3)cc2C1=O. The van der Waals surface area contributed by atoms with Crippen LogP contribution in [0, 0.1) is 0 Å².